The van der Waals surface area contributed by atoms with Gasteiger partial charge in [0.2, 0.25) is 0 Å². The zero-order valence-corrected chi connectivity index (χ0v) is 21.3. The lowest BCUT2D eigenvalue weighted by atomic mass is 10.1. The van der Waals surface area contributed by atoms with Crippen molar-refractivity contribution in [2.75, 3.05) is 6.61 Å². The van der Waals surface area contributed by atoms with Gasteiger partial charge in [0, 0.05) is 0 Å². The predicted molar refractivity (Wildman–Crippen MR) is 141 cm³/mol. The van der Waals surface area contributed by atoms with Crippen molar-refractivity contribution >= 4 is 17.9 Å². The molecule has 1 saturated heterocycles. The van der Waals surface area contributed by atoms with Crippen molar-refractivity contribution < 1.29 is 33.3 Å². The number of hydrogen-bond donors (Lipinski definition) is 1. The van der Waals surface area contributed by atoms with Crippen LogP contribution in [0, 0.1) is 0 Å². The van der Waals surface area contributed by atoms with Gasteiger partial charge < -0.3 is 18.9 Å². The molecule has 1 aliphatic rings. The van der Waals surface area contributed by atoms with E-state index in [0.29, 0.717) is 0 Å². The van der Waals surface area contributed by atoms with E-state index >= 15 is 0 Å². The lowest BCUT2D eigenvalue weighted by molar-refractivity contribution is -0.0645. The van der Waals surface area contributed by atoms with Crippen molar-refractivity contribution in [3.8, 4) is 0 Å². The maximum atomic E-state index is 13.1. The molecule has 4 aromatic rings. The van der Waals surface area contributed by atoms with Crippen LogP contribution >= 0.6 is 0 Å². The molecule has 1 unspecified atom stereocenters. The minimum atomic E-state index is -1.42. The summed E-state index contributed by atoms with van der Waals surface area (Å²) in [5, 5.41) is 0. The Morgan fingerprint density at radius 1 is 0.732 bits per heavy atom. The Bertz CT molecular complexity index is 1640. The maximum absolute atomic E-state index is 13.1. The molecule has 1 fully saturated rings. The van der Waals surface area contributed by atoms with Crippen LogP contribution in [0.5, 0.6) is 0 Å². The Kier molecular flexibility index (Phi) is 8.11. The minimum Gasteiger partial charge on any atom is -0.459 e. The van der Waals surface area contributed by atoms with Gasteiger partial charge in [-0.3, -0.25) is 9.55 Å². The molecule has 41 heavy (non-hydrogen) atoms. The van der Waals surface area contributed by atoms with Gasteiger partial charge in [0.1, 0.15) is 19.0 Å². The van der Waals surface area contributed by atoms with Gasteiger partial charge in [-0.1, -0.05) is 54.6 Å². The highest BCUT2D eigenvalue weighted by Gasteiger charge is 2.51. The summed E-state index contributed by atoms with van der Waals surface area (Å²) in [7, 11) is 0. The zero-order valence-electron chi connectivity index (χ0n) is 21.3. The van der Waals surface area contributed by atoms with E-state index in [9.17, 15) is 24.0 Å². The van der Waals surface area contributed by atoms with E-state index in [1.165, 1.54) is 24.3 Å². The van der Waals surface area contributed by atoms with E-state index in [-0.39, 0.29) is 16.7 Å². The fourth-order valence-electron chi connectivity index (χ4n) is 4.22. The average molecular weight is 558 g/mol. The Balaban J connectivity index is 1.50. The van der Waals surface area contributed by atoms with E-state index in [1.54, 1.807) is 66.7 Å². The molecule has 2 heterocycles. The predicted octanol–water partition coefficient (Wildman–Crippen LogP) is 2.14. The van der Waals surface area contributed by atoms with Gasteiger partial charge in [0.05, 0.1) is 16.7 Å². The topological polar surface area (TPSA) is 156 Å². The number of nitrogens with zero attached hydrogens (tertiary/aromatic N) is 2. The number of nitrogens with one attached hydrogen (secondary N) is 1. The standard InChI is InChI=1S/C29H23N3O9/c33-25(18-10-4-1-5-11-18)38-16-21-22(40-26(34)19-12-6-2-7-13-19)23(41-27(35)20-14-8-3-9-15-20)24(39-21)32-17-30-28(36)31-29(32)37/h1-15,17,21-24H,16H2,(H,31,36,37)/t21-,22?,23+,24-/m1/s1. The minimum absolute atomic E-state index is 0.185. The van der Waals surface area contributed by atoms with Crippen LogP contribution in [0.25, 0.3) is 0 Å². The van der Waals surface area contributed by atoms with Crippen LogP contribution in [0.3, 0.4) is 0 Å². The van der Waals surface area contributed by atoms with Gasteiger partial charge in [-0.25, -0.2) is 24.0 Å². The second-order valence-electron chi connectivity index (χ2n) is 8.89. The SMILES string of the molecule is O=C(OC[C@H]1O[C@@H](n2cnc(=O)[nH]c2=O)[C@@H](OC(=O)c2ccccc2)C1OC(=O)c1ccccc1)c1ccccc1. The third kappa shape index (κ3) is 6.28. The molecule has 4 atom stereocenters. The maximum Gasteiger partial charge on any atom is 0.350 e. The largest absolute Gasteiger partial charge is 0.459 e. The first kappa shape index (κ1) is 27.2. The molecule has 12 nitrogen and oxygen atoms in total. The number of esters is 3. The summed E-state index contributed by atoms with van der Waals surface area (Å²) in [5.41, 5.74) is -1.15. The summed E-state index contributed by atoms with van der Waals surface area (Å²) in [6, 6.07) is 24.3. The fourth-order valence-corrected chi connectivity index (χ4v) is 4.22. The van der Waals surface area contributed by atoms with E-state index in [0.717, 1.165) is 10.9 Å². The Hall–Kier alpha value is -5.36. The number of hydrogen-bond acceptors (Lipinski definition) is 10. The number of carbonyl (C=O) groups excluding carboxylic acids is 3. The van der Waals surface area contributed by atoms with Crippen LogP contribution in [0.4, 0.5) is 0 Å². The second-order valence-corrected chi connectivity index (χ2v) is 8.89. The third-order valence-corrected chi connectivity index (χ3v) is 6.20. The molecular formula is C29H23N3O9. The molecule has 5 rings (SSSR count). The zero-order chi connectivity index (χ0) is 28.8. The van der Waals surface area contributed by atoms with Crippen molar-refractivity contribution in [2.45, 2.75) is 24.5 Å². The first-order valence-electron chi connectivity index (χ1n) is 12.5. The van der Waals surface area contributed by atoms with Crippen LogP contribution in [0.2, 0.25) is 0 Å². The van der Waals surface area contributed by atoms with E-state index in [4.69, 9.17) is 18.9 Å². The lowest BCUT2D eigenvalue weighted by Gasteiger charge is -2.24. The summed E-state index contributed by atoms with van der Waals surface area (Å²) in [6.07, 6.45) is -4.44. The van der Waals surface area contributed by atoms with E-state index < -0.39 is 60.4 Å². The highest BCUT2D eigenvalue weighted by atomic mass is 16.7. The monoisotopic (exact) mass is 557 g/mol. The molecule has 0 bridgehead atoms. The second kappa shape index (κ2) is 12.2. The number of rotatable bonds is 8. The Morgan fingerprint density at radius 2 is 1.22 bits per heavy atom. The Labute approximate surface area is 232 Å². The fraction of sp³-hybridized carbons (Fsp3) is 0.172. The molecule has 12 heteroatoms. The van der Waals surface area contributed by atoms with E-state index in [1.807, 2.05) is 4.98 Å². The number of benzene rings is 3. The van der Waals surface area contributed by atoms with Crippen LogP contribution in [0.1, 0.15) is 37.3 Å². The third-order valence-electron chi connectivity index (χ3n) is 6.20. The van der Waals surface area contributed by atoms with Crippen LogP contribution < -0.4 is 11.4 Å². The molecule has 1 aromatic heterocycles. The normalized spacial score (nSPS) is 19.7. The van der Waals surface area contributed by atoms with E-state index in [2.05, 4.69) is 4.98 Å². The summed E-state index contributed by atoms with van der Waals surface area (Å²) >= 11 is 0. The molecular weight excluding hydrogens is 534 g/mol. The van der Waals surface area contributed by atoms with Crippen LogP contribution in [-0.2, 0) is 18.9 Å². The first-order chi connectivity index (χ1) is 19.9. The van der Waals surface area contributed by atoms with Crippen LogP contribution in [-0.4, -0.2) is 57.4 Å². The van der Waals surface area contributed by atoms with Crippen molar-refractivity contribution in [1.29, 1.82) is 0 Å². The van der Waals surface area contributed by atoms with Gasteiger partial charge in [0.15, 0.2) is 18.4 Å². The van der Waals surface area contributed by atoms with Gasteiger partial charge in [-0.05, 0) is 36.4 Å². The smallest absolute Gasteiger partial charge is 0.350 e. The molecule has 0 aliphatic carbocycles. The summed E-state index contributed by atoms with van der Waals surface area (Å²) in [4.78, 5) is 68.8. The number of aromatic nitrogens is 3. The highest BCUT2D eigenvalue weighted by molar-refractivity contribution is 5.91. The number of H-pyrrole nitrogens is 1. The molecule has 0 spiro atoms. The highest BCUT2D eigenvalue weighted by Crippen LogP contribution is 2.34. The first-order valence-corrected chi connectivity index (χ1v) is 12.5. The summed E-state index contributed by atoms with van der Waals surface area (Å²) in [5.74, 6) is -2.24. The van der Waals surface area contributed by atoms with Crippen molar-refractivity contribution in [2.24, 2.45) is 0 Å². The molecule has 0 amide bonds. The summed E-state index contributed by atoms with van der Waals surface area (Å²) in [6.45, 7) is -0.429. The summed E-state index contributed by atoms with van der Waals surface area (Å²) < 4.78 is 23.9. The number of aromatic amines is 1. The van der Waals surface area contributed by atoms with Crippen molar-refractivity contribution in [3.63, 3.8) is 0 Å². The van der Waals surface area contributed by atoms with Crippen LogP contribution in [0.15, 0.2) is 107 Å². The molecule has 1 N–H and O–H groups in total. The van der Waals surface area contributed by atoms with Gasteiger partial charge in [-0.15, -0.1) is 0 Å². The average Bonchev–Trinajstić information content (AvgIpc) is 3.33. The molecule has 0 saturated carbocycles. The molecule has 3 aromatic carbocycles. The molecule has 0 radical (unpaired) electrons. The van der Waals surface area contributed by atoms with Gasteiger partial charge in [-0.2, -0.15) is 4.98 Å². The van der Waals surface area contributed by atoms with Gasteiger partial charge in [0.25, 0.3) is 0 Å². The Morgan fingerprint density at radius 3 is 1.73 bits per heavy atom. The lowest BCUT2D eigenvalue weighted by Crippen LogP contribution is -2.43. The molecule has 1 aliphatic heterocycles. The van der Waals surface area contributed by atoms with Crippen molar-refractivity contribution in [3.05, 3.63) is 135 Å². The molecule has 208 valence electrons. The number of ether oxygens (including phenoxy) is 4. The number of carbonyl (C=O) groups is 3. The van der Waals surface area contributed by atoms with Crippen molar-refractivity contribution in [1.82, 2.24) is 14.5 Å². The quantitative estimate of drug-likeness (QED) is 0.252. The van der Waals surface area contributed by atoms with Gasteiger partial charge >= 0.3 is 29.3 Å².